The van der Waals surface area contributed by atoms with Crippen molar-refractivity contribution in [2.75, 3.05) is 37.4 Å². The van der Waals surface area contributed by atoms with Gasteiger partial charge in [-0.25, -0.2) is 18.2 Å². The van der Waals surface area contributed by atoms with Crippen LogP contribution in [0.1, 0.15) is 47.2 Å². The lowest BCUT2D eigenvalue weighted by Crippen LogP contribution is -2.35. The number of hydrogen-bond acceptors (Lipinski definition) is 6. The van der Waals surface area contributed by atoms with Gasteiger partial charge in [0.25, 0.3) is 0 Å². The molecule has 9 heteroatoms. The van der Waals surface area contributed by atoms with E-state index in [9.17, 15) is 13.2 Å². The first-order chi connectivity index (χ1) is 15.8. The normalized spacial score (nSPS) is 17.5. The van der Waals surface area contributed by atoms with Gasteiger partial charge in [-0.1, -0.05) is 6.07 Å². The minimum atomic E-state index is -3.16. The lowest BCUT2D eigenvalue weighted by molar-refractivity contribution is 0.0696. The molecule has 0 bridgehead atoms. The molecule has 0 amide bonds. The quantitative estimate of drug-likeness (QED) is 0.588. The van der Waals surface area contributed by atoms with Crippen LogP contribution in [0.4, 0.5) is 5.82 Å². The number of rotatable bonds is 8. The fourth-order valence-electron chi connectivity index (χ4n) is 4.59. The molecule has 1 N–H and O–H groups in total. The average Bonchev–Trinajstić information content (AvgIpc) is 2.81. The average molecular weight is 474 g/mol. The molecule has 178 valence electrons. The van der Waals surface area contributed by atoms with Crippen LogP contribution >= 0.6 is 0 Å². The van der Waals surface area contributed by atoms with Crippen molar-refractivity contribution in [3.8, 4) is 5.75 Å². The molecule has 0 aliphatic carbocycles. The molecular formula is C24H31N3O5S. The Morgan fingerprint density at radius 1 is 1.15 bits per heavy atom. The molecule has 0 spiro atoms. The van der Waals surface area contributed by atoms with E-state index in [0.717, 1.165) is 55.9 Å². The van der Waals surface area contributed by atoms with Gasteiger partial charge >= 0.3 is 5.97 Å². The van der Waals surface area contributed by atoms with E-state index in [4.69, 9.17) is 9.84 Å². The van der Waals surface area contributed by atoms with Crippen molar-refractivity contribution in [2.24, 2.45) is 5.92 Å². The number of nitrogens with zero attached hydrogens (tertiary/aromatic N) is 3. The molecule has 8 nitrogen and oxygen atoms in total. The highest BCUT2D eigenvalue weighted by molar-refractivity contribution is 7.88. The summed E-state index contributed by atoms with van der Waals surface area (Å²) in [5.41, 5.74) is 2.44. The highest BCUT2D eigenvalue weighted by atomic mass is 32.2. The van der Waals surface area contributed by atoms with Crippen LogP contribution in [0.15, 0.2) is 36.5 Å². The number of hydrogen-bond donors (Lipinski definition) is 1. The fraction of sp³-hybridized carbons (Fsp3) is 0.500. The SMILES string of the molecule is CS(=O)(=O)N1CCc2cc(OCCCC3CCN(c4ccc(C(=O)O)cn4)CC3)ccc2C1. The molecule has 1 saturated heterocycles. The molecule has 3 heterocycles. The third-order valence-electron chi connectivity index (χ3n) is 6.58. The summed E-state index contributed by atoms with van der Waals surface area (Å²) in [7, 11) is -3.16. The summed E-state index contributed by atoms with van der Waals surface area (Å²) in [6, 6.07) is 9.36. The first-order valence-corrected chi connectivity index (χ1v) is 13.3. The standard InChI is InChI=1S/C24H31N3O5S/c1-33(30,31)27-13-10-19-15-22(6-4-21(19)17-27)32-14-2-3-18-8-11-26(12-9-18)23-7-5-20(16-25-23)24(28)29/h4-7,15-16,18H,2-3,8-14,17H2,1H3,(H,28,29). The van der Waals surface area contributed by atoms with E-state index in [-0.39, 0.29) is 5.56 Å². The summed E-state index contributed by atoms with van der Waals surface area (Å²) in [6.07, 6.45) is 7.70. The van der Waals surface area contributed by atoms with Crippen molar-refractivity contribution < 1.29 is 23.1 Å². The Bertz CT molecular complexity index is 1080. The Morgan fingerprint density at radius 3 is 2.61 bits per heavy atom. The van der Waals surface area contributed by atoms with Gasteiger partial charge in [0.15, 0.2) is 0 Å². The predicted octanol–water partition coefficient (Wildman–Crippen LogP) is 3.17. The van der Waals surface area contributed by atoms with E-state index >= 15 is 0 Å². The van der Waals surface area contributed by atoms with E-state index in [0.29, 0.717) is 32.0 Å². The highest BCUT2D eigenvalue weighted by Gasteiger charge is 2.23. The Morgan fingerprint density at radius 2 is 1.94 bits per heavy atom. The molecule has 0 unspecified atom stereocenters. The zero-order chi connectivity index (χ0) is 23.4. The molecule has 2 aliphatic rings. The van der Waals surface area contributed by atoms with Gasteiger partial charge in [-0.3, -0.25) is 0 Å². The number of aromatic nitrogens is 1. The van der Waals surface area contributed by atoms with Crippen LogP contribution in [-0.2, 0) is 23.0 Å². The number of pyridine rings is 1. The molecule has 0 saturated carbocycles. The number of aromatic carboxylic acids is 1. The molecule has 33 heavy (non-hydrogen) atoms. The number of piperidine rings is 1. The molecule has 0 atom stereocenters. The van der Waals surface area contributed by atoms with Gasteiger partial charge in [-0.05, 0) is 73.4 Å². The molecule has 0 radical (unpaired) electrons. The smallest absolute Gasteiger partial charge is 0.337 e. The maximum Gasteiger partial charge on any atom is 0.337 e. The second-order valence-corrected chi connectivity index (χ2v) is 10.9. The van der Waals surface area contributed by atoms with Crippen molar-refractivity contribution in [3.63, 3.8) is 0 Å². The van der Waals surface area contributed by atoms with Gasteiger partial charge in [0.2, 0.25) is 10.0 Å². The highest BCUT2D eigenvalue weighted by Crippen LogP contribution is 2.27. The van der Waals surface area contributed by atoms with Gasteiger partial charge in [0.05, 0.1) is 18.4 Å². The first-order valence-electron chi connectivity index (χ1n) is 11.4. The second kappa shape index (κ2) is 10.1. The van der Waals surface area contributed by atoms with Crippen molar-refractivity contribution in [2.45, 2.75) is 38.6 Å². The Labute approximate surface area is 195 Å². The van der Waals surface area contributed by atoms with Gasteiger partial charge < -0.3 is 14.7 Å². The molecule has 1 aromatic heterocycles. The number of carboxylic acids is 1. The van der Waals surface area contributed by atoms with Crippen molar-refractivity contribution in [3.05, 3.63) is 53.2 Å². The molecule has 4 rings (SSSR count). The van der Waals surface area contributed by atoms with Crippen LogP contribution in [0.25, 0.3) is 0 Å². The fourth-order valence-corrected chi connectivity index (χ4v) is 5.39. The van der Waals surface area contributed by atoms with Crippen molar-refractivity contribution in [1.82, 2.24) is 9.29 Å². The number of carboxylic acid groups (broad SMARTS) is 1. The monoisotopic (exact) mass is 473 g/mol. The van der Waals surface area contributed by atoms with Crippen LogP contribution in [0, 0.1) is 5.92 Å². The molecule has 1 fully saturated rings. The number of carbonyl (C=O) groups is 1. The predicted molar refractivity (Wildman–Crippen MR) is 126 cm³/mol. The third kappa shape index (κ3) is 6.03. The van der Waals surface area contributed by atoms with Gasteiger partial charge in [0, 0.05) is 32.4 Å². The molecular weight excluding hydrogens is 442 g/mol. The Kier molecular flexibility index (Phi) is 7.19. The van der Waals surface area contributed by atoms with E-state index in [1.165, 1.54) is 22.3 Å². The molecule has 2 aromatic rings. The number of benzene rings is 1. The zero-order valence-corrected chi connectivity index (χ0v) is 19.8. The number of fused-ring (bicyclic) bond motifs is 1. The number of sulfonamides is 1. The minimum absolute atomic E-state index is 0.212. The van der Waals surface area contributed by atoms with E-state index in [2.05, 4.69) is 16.0 Å². The summed E-state index contributed by atoms with van der Waals surface area (Å²) in [5, 5.41) is 9.00. The maximum atomic E-state index is 11.8. The summed E-state index contributed by atoms with van der Waals surface area (Å²) < 4.78 is 31.0. The van der Waals surface area contributed by atoms with Crippen molar-refractivity contribution in [1.29, 1.82) is 0 Å². The third-order valence-corrected chi connectivity index (χ3v) is 7.83. The minimum Gasteiger partial charge on any atom is -0.494 e. The van der Waals surface area contributed by atoms with E-state index in [1.807, 2.05) is 12.1 Å². The number of anilines is 1. The Hall–Kier alpha value is -2.65. The summed E-state index contributed by atoms with van der Waals surface area (Å²) >= 11 is 0. The van der Waals surface area contributed by atoms with Crippen LogP contribution in [0.2, 0.25) is 0 Å². The topological polar surface area (TPSA) is 100 Å². The largest absolute Gasteiger partial charge is 0.494 e. The van der Waals surface area contributed by atoms with E-state index in [1.54, 1.807) is 12.1 Å². The molecule has 2 aliphatic heterocycles. The second-order valence-electron chi connectivity index (χ2n) is 8.91. The van der Waals surface area contributed by atoms with Crippen molar-refractivity contribution >= 4 is 21.8 Å². The maximum absolute atomic E-state index is 11.8. The Balaban J connectivity index is 1.18. The van der Waals surface area contributed by atoms with Crippen LogP contribution < -0.4 is 9.64 Å². The summed E-state index contributed by atoms with van der Waals surface area (Å²) in [5.74, 6) is 1.40. The lowest BCUT2D eigenvalue weighted by Gasteiger charge is -2.32. The van der Waals surface area contributed by atoms with E-state index < -0.39 is 16.0 Å². The number of ether oxygens (including phenoxy) is 1. The van der Waals surface area contributed by atoms with Crippen LogP contribution in [0.5, 0.6) is 5.75 Å². The van der Waals surface area contributed by atoms with Gasteiger partial charge in [-0.15, -0.1) is 0 Å². The molecule has 1 aromatic carbocycles. The van der Waals surface area contributed by atoms with Gasteiger partial charge in [0.1, 0.15) is 11.6 Å². The first kappa shape index (κ1) is 23.5. The lowest BCUT2D eigenvalue weighted by atomic mass is 9.92. The van der Waals surface area contributed by atoms with Crippen LogP contribution in [0.3, 0.4) is 0 Å². The van der Waals surface area contributed by atoms with Gasteiger partial charge in [-0.2, -0.15) is 4.31 Å². The zero-order valence-electron chi connectivity index (χ0n) is 18.9. The summed E-state index contributed by atoms with van der Waals surface area (Å²) in [4.78, 5) is 17.5. The summed E-state index contributed by atoms with van der Waals surface area (Å²) in [6.45, 7) is 3.49. The van der Waals surface area contributed by atoms with Crippen LogP contribution in [-0.4, -0.2) is 61.3 Å².